The second-order valence-corrected chi connectivity index (χ2v) is 5.13. The van der Waals surface area contributed by atoms with Crippen LogP contribution >= 0.6 is 0 Å². The van der Waals surface area contributed by atoms with Crippen molar-refractivity contribution >= 4 is 5.97 Å². The molecular weight excluding hydrogens is 230 g/mol. The number of rotatable bonds is 3. The van der Waals surface area contributed by atoms with Crippen LogP contribution < -0.4 is 0 Å². The average molecular weight is 251 g/mol. The van der Waals surface area contributed by atoms with Gasteiger partial charge in [-0.25, -0.2) is 4.79 Å². The van der Waals surface area contributed by atoms with Gasteiger partial charge in [0, 0.05) is 0 Å². The van der Waals surface area contributed by atoms with Crippen molar-refractivity contribution in [2.75, 3.05) is 20.2 Å². The SMILES string of the molecule is COC(=O)c1cc(CN2CCC(C)CC2)oc1C. The summed E-state index contributed by atoms with van der Waals surface area (Å²) in [5.74, 6) is 1.99. The molecule has 0 unspecified atom stereocenters. The molecule has 2 heterocycles. The summed E-state index contributed by atoms with van der Waals surface area (Å²) in [5, 5.41) is 0. The molecule has 4 heteroatoms. The van der Waals surface area contributed by atoms with Crippen LogP contribution in [0.5, 0.6) is 0 Å². The van der Waals surface area contributed by atoms with Gasteiger partial charge in [-0.2, -0.15) is 0 Å². The lowest BCUT2D eigenvalue weighted by molar-refractivity contribution is 0.0599. The van der Waals surface area contributed by atoms with Gasteiger partial charge in [-0.3, -0.25) is 4.90 Å². The number of nitrogens with zero attached hydrogens (tertiary/aromatic N) is 1. The average Bonchev–Trinajstić information content (AvgIpc) is 2.72. The van der Waals surface area contributed by atoms with Gasteiger partial charge in [0.15, 0.2) is 0 Å². The second-order valence-electron chi connectivity index (χ2n) is 5.13. The van der Waals surface area contributed by atoms with Gasteiger partial charge < -0.3 is 9.15 Å². The minimum atomic E-state index is -0.324. The predicted molar refractivity (Wildman–Crippen MR) is 68.5 cm³/mol. The van der Waals surface area contributed by atoms with Gasteiger partial charge in [0.2, 0.25) is 0 Å². The van der Waals surface area contributed by atoms with Crippen molar-refractivity contribution in [3.63, 3.8) is 0 Å². The second kappa shape index (κ2) is 5.57. The van der Waals surface area contributed by atoms with Crippen molar-refractivity contribution in [3.8, 4) is 0 Å². The molecule has 1 aromatic heterocycles. The predicted octanol–water partition coefficient (Wildman–Crippen LogP) is 2.61. The van der Waals surface area contributed by atoms with Crippen molar-refractivity contribution < 1.29 is 13.9 Å². The van der Waals surface area contributed by atoms with Gasteiger partial charge in [-0.1, -0.05) is 6.92 Å². The highest BCUT2D eigenvalue weighted by atomic mass is 16.5. The van der Waals surface area contributed by atoms with E-state index in [1.807, 2.05) is 0 Å². The normalized spacial score (nSPS) is 17.9. The maximum absolute atomic E-state index is 11.5. The molecule has 100 valence electrons. The van der Waals surface area contributed by atoms with Crippen molar-refractivity contribution in [1.29, 1.82) is 0 Å². The highest BCUT2D eigenvalue weighted by Gasteiger charge is 2.19. The van der Waals surface area contributed by atoms with E-state index in [2.05, 4.69) is 11.8 Å². The van der Waals surface area contributed by atoms with E-state index in [0.717, 1.165) is 31.3 Å². The molecule has 0 N–H and O–H groups in total. The van der Waals surface area contributed by atoms with E-state index in [1.165, 1.54) is 20.0 Å². The Hall–Kier alpha value is -1.29. The molecule has 1 saturated heterocycles. The first-order valence-electron chi connectivity index (χ1n) is 6.50. The molecule has 0 atom stereocenters. The van der Waals surface area contributed by atoms with Crippen LogP contribution in [-0.4, -0.2) is 31.1 Å². The van der Waals surface area contributed by atoms with Gasteiger partial charge in [0.1, 0.15) is 17.1 Å². The van der Waals surface area contributed by atoms with Gasteiger partial charge in [0.25, 0.3) is 0 Å². The molecule has 0 aliphatic carbocycles. The lowest BCUT2D eigenvalue weighted by Gasteiger charge is -2.29. The molecule has 0 spiro atoms. The van der Waals surface area contributed by atoms with Crippen LogP contribution in [0.3, 0.4) is 0 Å². The molecule has 1 aromatic rings. The summed E-state index contributed by atoms with van der Waals surface area (Å²) in [6.45, 7) is 7.09. The highest BCUT2D eigenvalue weighted by Crippen LogP contribution is 2.21. The molecule has 0 amide bonds. The van der Waals surface area contributed by atoms with Gasteiger partial charge in [-0.15, -0.1) is 0 Å². The number of esters is 1. The largest absolute Gasteiger partial charge is 0.465 e. The lowest BCUT2D eigenvalue weighted by atomic mass is 9.99. The molecular formula is C14H21NO3. The van der Waals surface area contributed by atoms with Gasteiger partial charge in [-0.05, 0) is 44.8 Å². The zero-order valence-electron chi connectivity index (χ0n) is 11.4. The Balaban J connectivity index is 2.00. The maximum atomic E-state index is 11.5. The fourth-order valence-corrected chi connectivity index (χ4v) is 2.37. The number of carbonyl (C=O) groups excluding carboxylic acids is 1. The number of aryl methyl sites for hydroxylation is 1. The zero-order valence-corrected chi connectivity index (χ0v) is 11.4. The van der Waals surface area contributed by atoms with Crippen molar-refractivity contribution in [3.05, 3.63) is 23.2 Å². The van der Waals surface area contributed by atoms with E-state index >= 15 is 0 Å². The quantitative estimate of drug-likeness (QED) is 0.774. The van der Waals surface area contributed by atoms with E-state index in [9.17, 15) is 4.79 Å². The third-order valence-corrected chi connectivity index (χ3v) is 3.63. The molecule has 4 nitrogen and oxygen atoms in total. The maximum Gasteiger partial charge on any atom is 0.341 e. The molecule has 0 radical (unpaired) electrons. The summed E-state index contributed by atoms with van der Waals surface area (Å²) in [7, 11) is 1.39. The fourth-order valence-electron chi connectivity index (χ4n) is 2.37. The van der Waals surface area contributed by atoms with Crippen molar-refractivity contribution in [2.24, 2.45) is 5.92 Å². The van der Waals surface area contributed by atoms with Crippen LogP contribution in [0, 0.1) is 12.8 Å². The van der Waals surface area contributed by atoms with Crippen LogP contribution in [0.4, 0.5) is 0 Å². The molecule has 1 aliphatic rings. The van der Waals surface area contributed by atoms with Crippen LogP contribution in [0.15, 0.2) is 10.5 Å². The summed E-state index contributed by atoms with van der Waals surface area (Å²) in [5.41, 5.74) is 0.540. The Kier molecular flexibility index (Phi) is 4.07. The Morgan fingerprint density at radius 2 is 2.17 bits per heavy atom. The fraction of sp³-hybridized carbons (Fsp3) is 0.643. The standard InChI is InChI=1S/C14H21NO3/c1-10-4-6-15(7-5-10)9-12-8-13(11(2)18-12)14(16)17-3/h8,10H,4-7,9H2,1-3H3. The molecule has 18 heavy (non-hydrogen) atoms. The number of likely N-dealkylation sites (tertiary alicyclic amines) is 1. The number of carbonyl (C=O) groups is 1. The van der Waals surface area contributed by atoms with Crippen LogP contribution in [-0.2, 0) is 11.3 Å². The number of methoxy groups -OCH3 is 1. The molecule has 1 fully saturated rings. The Morgan fingerprint density at radius 1 is 1.50 bits per heavy atom. The number of hydrogen-bond donors (Lipinski definition) is 0. The number of furan rings is 1. The summed E-state index contributed by atoms with van der Waals surface area (Å²) < 4.78 is 10.3. The molecule has 2 rings (SSSR count). The smallest absolute Gasteiger partial charge is 0.341 e. The number of hydrogen-bond acceptors (Lipinski definition) is 4. The van der Waals surface area contributed by atoms with E-state index in [1.54, 1.807) is 13.0 Å². The Labute approximate surface area is 108 Å². The van der Waals surface area contributed by atoms with E-state index in [4.69, 9.17) is 9.15 Å². The lowest BCUT2D eigenvalue weighted by Crippen LogP contribution is -2.32. The number of ether oxygens (including phenoxy) is 1. The Bertz CT molecular complexity index is 417. The van der Waals surface area contributed by atoms with Gasteiger partial charge >= 0.3 is 5.97 Å². The molecule has 0 bridgehead atoms. The van der Waals surface area contributed by atoms with Crippen molar-refractivity contribution in [1.82, 2.24) is 4.90 Å². The Morgan fingerprint density at radius 3 is 2.78 bits per heavy atom. The highest BCUT2D eigenvalue weighted by molar-refractivity contribution is 5.90. The first kappa shape index (κ1) is 13.1. The molecule has 0 aromatic carbocycles. The monoisotopic (exact) mass is 251 g/mol. The minimum absolute atomic E-state index is 0.324. The zero-order chi connectivity index (χ0) is 13.1. The summed E-state index contributed by atoms with van der Waals surface area (Å²) in [6.07, 6.45) is 2.48. The van der Waals surface area contributed by atoms with E-state index in [0.29, 0.717) is 11.3 Å². The topological polar surface area (TPSA) is 42.7 Å². The summed E-state index contributed by atoms with van der Waals surface area (Å²) >= 11 is 0. The first-order valence-corrected chi connectivity index (χ1v) is 6.50. The third-order valence-electron chi connectivity index (χ3n) is 3.63. The van der Waals surface area contributed by atoms with Crippen LogP contribution in [0.2, 0.25) is 0 Å². The van der Waals surface area contributed by atoms with Crippen LogP contribution in [0.25, 0.3) is 0 Å². The number of piperidine rings is 1. The van der Waals surface area contributed by atoms with Gasteiger partial charge in [0.05, 0.1) is 13.7 Å². The summed E-state index contributed by atoms with van der Waals surface area (Å²) in [6, 6.07) is 1.80. The van der Waals surface area contributed by atoms with Crippen molar-refractivity contribution in [2.45, 2.75) is 33.2 Å². The van der Waals surface area contributed by atoms with E-state index < -0.39 is 0 Å². The third kappa shape index (κ3) is 2.93. The molecule has 0 saturated carbocycles. The molecule has 1 aliphatic heterocycles. The minimum Gasteiger partial charge on any atom is -0.465 e. The first-order chi connectivity index (χ1) is 8.60. The summed E-state index contributed by atoms with van der Waals surface area (Å²) in [4.78, 5) is 13.9. The van der Waals surface area contributed by atoms with E-state index in [-0.39, 0.29) is 5.97 Å². The van der Waals surface area contributed by atoms with Crippen LogP contribution in [0.1, 0.15) is 41.6 Å².